The zero-order chi connectivity index (χ0) is 15.4. The molecular formula is C14H17N5O2. The highest BCUT2D eigenvalue weighted by Gasteiger charge is 2.21. The largest absolute Gasteiger partial charge is 0.360 e. The van der Waals surface area contributed by atoms with Crippen molar-refractivity contribution in [3.05, 3.63) is 51.2 Å². The molecule has 1 aromatic heterocycles. The Balaban J connectivity index is 2.27. The molecule has 0 aliphatic heterocycles. The summed E-state index contributed by atoms with van der Waals surface area (Å²) in [6, 6.07) is 7.94. The zero-order valence-corrected chi connectivity index (χ0v) is 12.2. The fourth-order valence-electron chi connectivity index (χ4n) is 1.91. The van der Waals surface area contributed by atoms with Crippen LogP contribution in [0.1, 0.15) is 16.8 Å². The van der Waals surface area contributed by atoms with Crippen LogP contribution in [0, 0.1) is 24.0 Å². The third kappa shape index (κ3) is 3.44. The Hall–Kier alpha value is -2.70. The van der Waals surface area contributed by atoms with Crippen LogP contribution in [-0.4, -0.2) is 21.9 Å². The van der Waals surface area contributed by atoms with E-state index in [-0.39, 0.29) is 11.5 Å². The number of benzene rings is 1. The van der Waals surface area contributed by atoms with Crippen LogP contribution in [0.2, 0.25) is 0 Å². The van der Waals surface area contributed by atoms with Crippen molar-refractivity contribution in [2.24, 2.45) is 0 Å². The number of hydrogen-bond donors (Lipinski definition) is 2. The summed E-state index contributed by atoms with van der Waals surface area (Å²) in [5, 5.41) is 17.0. The highest BCUT2D eigenvalue weighted by Crippen LogP contribution is 2.26. The summed E-state index contributed by atoms with van der Waals surface area (Å²) in [5.41, 5.74) is 2.42. The summed E-state index contributed by atoms with van der Waals surface area (Å²) < 4.78 is 0. The molecule has 0 aliphatic rings. The maximum absolute atomic E-state index is 11.2. The molecule has 0 saturated heterocycles. The minimum atomic E-state index is -0.466. The van der Waals surface area contributed by atoms with Crippen LogP contribution >= 0.6 is 0 Å². The lowest BCUT2D eigenvalue weighted by molar-refractivity contribution is -0.385. The van der Waals surface area contributed by atoms with Gasteiger partial charge in [0, 0.05) is 13.6 Å². The van der Waals surface area contributed by atoms with Crippen LogP contribution in [0.3, 0.4) is 0 Å². The first-order chi connectivity index (χ1) is 10.0. The molecule has 21 heavy (non-hydrogen) atoms. The lowest BCUT2D eigenvalue weighted by Crippen LogP contribution is -2.09. The third-order valence-electron chi connectivity index (χ3n) is 3.05. The smallest absolute Gasteiger partial charge is 0.332 e. The molecule has 1 aromatic carbocycles. The molecule has 0 spiro atoms. The first kappa shape index (κ1) is 14.7. The molecule has 1 heterocycles. The van der Waals surface area contributed by atoms with Crippen molar-refractivity contribution in [1.82, 2.24) is 9.97 Å². The molecule has 0 saturated carbocycles. The van der Waals surface area contributed by atoms with E-state index in [4.69, 9.17) is 0 Å². The van der Waals surface area contributed by atoms with E-state index in [9.17, 15) is 10.1 Å². The number of aryl methyl sites for hydroxylation is 2. The molecule has 0 bridgehead atoms. The normalized spacial score (nSPS) is 10.2. The highest BCUT2D eigenvalue weighted by molar-refractivity contribution is 5.60. The third-order valence-corrected chi connectivity index (χ3v) is 3.05. The van der Waals surface area contributed by atoms with Crippen molar-refractivity contribution in [1.29, 1.82) is 0 Å². The van der Waals surface area contributed by atoms with Gasteiger partial charge in [-0.2, -0.15) is 4.98 Å². The maximum Gasteiger partial charge on any atom is 0.332 e. The summed E-state index contributed by atoms with van der Waals surface area (Å²) in [6.07, 6.45) is 0. The number of hydrogen-bond acceptors (Lipinski definition) is 6. The van der Waals surface area contributed by atoms with E-state index in [0.29, 0.717) is 18.2 Å². The lowest BCUT2D eigenvalue weighted by Gasteiger charge is -2.09. The first-order valence-corrected chi connectivity index (χ1v) is 6.51. The monoisotopic (exact) mass is 287 g/mol. The molecule has 0 unspecified atom stereocenters. The van der Waals surface area contributed by atoms with E-state index in [2.05, 4.69) is 20.6 Å². The van der Waals surface area contributed by atoms with Gasteiger partial charge < -0.3 is 10.6 Å². The number of nitrogens with zero attached hydrogens (tertiary/aromatic N) is 3. The van der Waals surface area contributed by atoms with Crippen LogP contribution in [-0.2, 0) is 6.54 Å². The van der Waals surface area contributed by atoms with Crippen LogP contribution in [0.5, 0.6) is 0 Å². The molecule has 2 N–H and O–H groups in total. The van der Waals surface area contributed by atoms with Gasteiger partial charge in [0.1, 0.15) is 5.69 Å². The molecular weight excluding hydrogens is 270 g/mol. The van der Waals surface area contributed by atoms with Gasteiger partial charge in [-0.25, -0.2) is 4.98 Å². The molecule has 0 aliphatic carbocycles. The second-order valence-electron chi connectivity index (χ2n) is 4.68. The Labute approximate surface area is 122 Å². The second-order valence-corrected chi connectivity index (χ2v) is 4.68. The van der Waals surface area contributed by atoms with Crippen LogP contribution < -0.4 is 10.6 Å². The van der Waals surface area contributed by atoms with Gasteiger partial charge in [-0.3, -0.25) is 10.1 Å². The van der Waals surface area contributed by atoms with Gasteiger partial charge in [-0.05, 0) is 19.4 Å². The number of nitrogens with one attached hydrogen (secondary N) is 2. The van der Waals surface area contributed by atoms with Gasteiger partial charge in [0.25, 0.3) is 0 Å². The molecule has 7 nitrogen and oxygen atoms in total. The van der Waals surface area contributed by atoms with Crippen LogP contribution in [0.4, 0.5) is 17.5 Å². The van der Waals surface area contributed by atoms with Gasteiger partial charge in [-0.15, -0.1) is 0 Å². The Bertz CT molecular complexity index is 655. The first-order valence-electron chi connectivity index (χ1n) is 6.51. The summed E-state index contributed by atoms with van der Waals surface area (Å²) in [6.45, 7) is 4.06. The number of rotatable bonds is 5. The molecule has 2 aromatic rings. The van der Waals surface area contributed by atoms with E-state index in [0.717, 1.165) is 5.56 Å². The van der Waals surface area contributed by atoms with Crippen molar-refractivity contribution in [2.45, 2.75) is 20.4 Å². The zero-order valence-electron chi connectivity index (χ0n) is 12.2. The van der Waals surface area contributed by atoms with Crippen molar-refractivity contribution in [2.75, 3.05) is 17.7 Å². The van der Waals surface area contributed by atoms with Crippen molar-refractivity contribution in [3.8, 4) is 0 Å². The quantitative estimate of drug-likeness (QED) is 0.648. The number of nitro groups is 1. The minimum Gasteiger partial charge on any atom is -0.360 e. The lowest BCUT2D eigenvalue weighted by atomic mass is 10.1. The van der Waals surface area contributed by atoms with Gasteiger partial charge in [0.2, 0.25) is 11.8 Å². The summed E-state index contributed by atoms with van der Waals surface area (Å²) >= 11 is 0. The van der Waals surface area contributed by atoms with E-state index in [1.54, 1.807) is 14.0 Å². The second kappa shape index (κ2) is 6.17. The highest BCUT2D eigenvalue weighted by atomic mass is 16.6. The minimum absolute atomic E-state index is 0.0962. The Kier molecular flexibility index (Phi) is 4.32. The number of anilines is 2. The Morgan fingerprint density at radius 1 is 1.19 bits per heavy atom. The molecule has 0 fully saturated rings. The summed E-state index contributed by atoms with van der Waals surface area (Å²) in [5.74, 6) is 0.571. The van der Waals surface area contributed by atoms with Crippen molar-refractivity contribution < 1.29 is 4.92 Å². The van der Waals surface area contributed by atoms with Crippen molar-refractivity contribution in [3.63, 3.8) is 0 Å². The van der Waals surface area contributed by atoms with E-state index < -0.39 is 4.92 Å². The van der Waals surface area contributed by atoms with Crippen LogP contribution in [0.15, 0.2) is 24.3 Å². The van der Waals surface area contributed by atoms with E-state index in [1.165, 1.54) is 5.56 Å². The molecule has 2 rings (SSSR count). The topological polar surface area (TPSA) is 93.0 Å². The van der Waals surface area contributed by atoms with Gasteiger partial charge >= 0.3 is 5.69 Å². The van der Waals surface area contributed by atoms with E-state index >= 15 is 0 Å². The molecule has 110 valence electrons. The number of aromatic nitrogens is 2. The Morgan fingerprint density at radius 2 is 1.86 bits per heavy atom. The Morgan fingerprint density at radius 3 is 2.43 bits per heavy atom. The predicted molar refractivity (Wildman–Crippen MR) is 81.5 cm³/mol. The van der Waals surface area contributed by atoms with Gasteiger partial charge in [0.05, 0.1) is 4.92 Å². The fraction of sp³-hybridized carbons (Fsp3) is 0.286. The SMILES string of the molecule is CNc1nc(C)c([N+](=O)[O-])c(NCc2ccc(C)cc2)n1. The average Bonchev–Trinajstić information content (AvgIpc) is 2.45. The molecule has 0 atom stereocenters. The molecule has 0 amide bonds. The van der Waals surface area contributed by atoms with E-state index in [1.807, 2.05) is 31.2 Å². The molecule has 0 radical (unpaired) electrons. The standard InChI is InChI=1S/C14H17N5O2/c1-9-4-6-11(7-5-9)8-16-13-12(19(20)21)10(2)17-14(15-3)18-13/h4-7H,8H2,1-3H3,(H2,15,16,17,18). The fourth-order valence-corrected chi connectivity index (χ4v) is 1.91. The average molecular weight is 287 g/mol. The van der Waals surface area contributed by atoms with Gasteiger partial charge in [0.15, 0.2) is 0 Å². The predicted octanol–water partition coefficient (Wildman–Crippen LogP) is 2.66. The van der Waals surface area contributed by atoms with Crippen molar-refractivity contribution >= 4 is 17.5 Å². The molecule has 7 heteroatoms. The summed E-state index contributed by atoms with van der Waals surface area (Å²) in [7, 11) is 1.67. The maximum atomic E-state index is 11.2. The van der Waals surface area contributed by atoms with Crippen LogP contribution in [0.25, 0.3) is 0 Å². The summed E-state index contributed by atoms with van der Waals surface area (Å²) in [4.78, 5) is 18.9. The van der Waals surface area contributed by atoms with Gasteiger partial charge in [-0.1, -0.05) is 29.8 Å².